The van der Waals surface area contributed by atoms with Gasteiger partial charge in [-0.05, 0) is 30.3 Å². The molecule has 0 radical (unpaired) electrons. The molecule has 0 spiro atoms. The Morgan fingerprint density at radius 2 is 1.92 bits per heavy atom. The summed E-state index contributed by atoms with van der Waals surface area (Å²) < 4.78 is 0.994. The van der Waals surface area contributed by atoms with E-state index in [4.69, 9.17) is 0 Å². The molecule has 24 heavy (non-hydrogen) atoms. The Hall–Kier alpha value is -2.67. The normalized spacial score (nSPS) is 10.5. The van der Waals surface area contributed by atoms with Crippen molar-refractivity contribution in [2.45, 2.75) is 0 Å². The third-order valence-corrected chi connectivity index (χ3v) is 3.96. The summed E-state index contributed by atoms with van der Waals surface area (Å²) in [7, 11) is 3.82. The molecule has 2 N–H and O–H groups in total. The number of H-pyrrole nitrogens is 1. The Morgan fingerprint density at radius 1 is 1.17 bits per heavy atom. The first-order valence-corrected chi connectivity index (χ1v) is 8.08. The summed E-state index contributed by atoms with van der Waals surface area (Å²) in [6.45, 7) is 0. The molecule has 0 unspecified atom stereocenters. The van der Waals surface area contributed by atoms with Crippen LogP contribution in [0, 0.1) is 0 Å². The number of aromatic nitrogens is 3. The van der Waals surface area contributed by atoms with Gasteiger partial charge in [0.1, 0.15) is 11.5 Å². The molecule has 122 valence electrons. The maximum atomic E-state index is 12.3. The third-order valence-electron chi connectivity index (χ3n) is 3.43. The number of anilines is 2. The number of hydrogen-bond donors (Lipinski definition) is 2. The van der Waals surface area contributed by atoms with Crippen molar-refractivity contribution in [3.63, 3.8) is 0 Å². The Morgan fingerprint density at radius 3 is 2.54 bits per heavy atom. The van der Waals surface area contributed by atoms with E-state index >= 15 is 0 Å². The van der Waals surface area contributed by atoms with Crippen molar-refractivity contribution >= 4 is 33.3 Å². The van der Waals surface area contributed by atoms with Gasteiger partial charge in [-0.3, -0.25) is 9.89 Å². The van der Waals surface area contributed by atoms with E-state index in [2.05, 4.69) is 36.4 Å². The van der Waals surface area contributed by atoms with E-state index in [1.165, 1.54) is 0 Å². The molecule has 3 aromatic rings. The molecule has 7 heteroatoms. The first kappa shape index (κ1) is 16.2. The number of halogens is 1. The fourth-order valence-electron chi connectivity index (χ4n) is 2.13. The van der Waals surface area contributed by atoms with Crippen molar-refractivity contribution in [2.24, 2.45) is 0 Å². The molecule has 0 aliphatic heterocycles. The van der Waals surface area contributed by atoms with Crippen LogP contribution < -0.4 is 10.2 Å². The number of nitrogens with one attached hydrogen (secondary N) is 2. The van der Waals surface area contributed by atoms with Crippen LogP contribution in [0.15, 0.2) is 53.1 Å². The van der Waals surface area contributed by atoms with Gasteiger partial charge in [-0.25, -0.2) is 4.98 Å². The van der Waals surface area contributed by atoms with Crippen LogP contribution in [0.2, 0.25) is 0 Å². The van der Waals surface area contributed by atoms with E-state index < -0.39 is 0 Å². The van der Waals surface area contributed by atoms with E-state index in [9.17, 15) is 4.79 Å². The molecule has 1 amide bonds. The molecule has 0 aliphatic rings. The highest BCUT2D eigenvalue weighted by Gasteiger charge is 2.11. The predicted octanol–water partition coefficient (Wildman–Crippen LogP) is 3.55. The molecule has 6 nitrogen and oxygen atoms in total. The average molecular weight is 386 g/mol. The summed E-state index contributed by atoms with van der Waals surface area (Å²) in [5.41, 5.74) is 2.68. The van der Waals surface area contributed by atoms with Crippen LogP contribution in [-0.2, 0) is 0 Å². The number of rotatable bonds is 4. The predicted molar refractivity (Wildman–Crippen MR) is 98.2 cm³/mol. The SMILES string of the molecule is CN(C)c1ccc(NC(=O)c2cc(-c3ccc(Br)cc3)n[nH]2)cn1. The molecule has 0 atom stereocenters. The summed E-state index contributed by atoms with van der Waals surface area (Å²) >= 11 is 3.40. The summed E-state index contributed by atoms with van der Waals surface area (Å²) in [5.74, 6) is 0.567. The number of carbonyl (C=O) groups is 1. The molecule has 2 heterocycles. The van der Waals surface area contributed by atoms with Crippen molar-refractivity contribution in [3.8, 4) is 11.3 Å². The minimum atomic E-state index is -0.259. The van der Waals surface area contributed by atoms with Gasteiger partial charge in [-0.15, -0.1) is 0 Å². The number of benzene rings is 1. The fraction of sp³-hybridized carbons (Fsp3) is 0.118. The molecular weight excluding hydrogens is 370 g/mol. The lowest BCUT2D eigenvalue weighted by Crippen LogP contribution is -2.14. The van der Waals surface area contributed by atoms with Gasteiger partial charge in [-0.2, -0.15) is 5.10 Å². The van der Waals surface area contributed by atoms with E-state index in [0.29, 0.717) is 17.1 Å². The van der Waals surface area contributed by atoms with Gasteiger partial charge < -0.3 is 10.2 Å². The van der Waals surface area contributed by atoms with Gasteiger partial charge in [0.2, 0.25) is 0 Å². The highest BCUT2D eigenvalue weighted by molar-refractivity contribution is 9.10. The van der Waals surface area contributed by atoms with Gasteiger partial charge in [-0.1, -0.05) is 28.1 Å². The molecule has 3 rings (SSSR count). The van der Waals surface area contributed by atoms with Crippen LogP contribution in [0.1, 0.15) is 10.5 Å². The Kier molecular flexibility index (Phi) is 4.61. The Labute approximate surface area is 148 Å². The smallest absolute Gasteiger partial charge is 0.273 e. The minimum absolute atomic E-state index is 0.259. The van der Waals surface area contributed by atoms with Crippen LogP contribution in [0.3, 0.4) is 0 Å². The second kappa shape index (κ2) is 6.84. The molecular formula is C17H16BrN5O. The Balaban J connectivity index is 1.72. The molecule has 2 aromatic heterocycles. The molecule has 0 fully saturated rings. The maximum Gasteiger partial charge on any atom is 0.273 e. The van der Waals surface area contributed by atoms with Gasteiger partial charge >= 0.3 is 0 Å². The topological polar surface area (TPSA) is 73.9 Å². The van der Waals surface area contributed by atoms with Crippen LogP contribution in [0.5, 0.6) is 0 Å². The first-order chi connectivity index (χ1) is 11.5. The standard InChI is InChI=1S/C17H16BrN5O/c1-23(2)16-8-7-13(10-19-16)20-17(24)15-9-14(21-22-15)11-3-5-12(18)6-4-11/h3-10H,1-2H3,(H,20,24)(H,21,22). The molecule has 0 aliphatic carbocycles. The average Bonchev–Trinajstić information content (AvgIpc) is 3.06. The van der Waals surface area contributed by atoms with E-state index in [1.807, 2.05) is 55.4 Å². The number of aromatic amines is 1. The number of amides is 1. The zero-order valence-electron chi connectivity index (χ0n) is 13.2. The number of carbonyl (C=O) groups excluding carboxylic acids is 1. The highest BCUT2D eigenvalue weighted by atomic mass is 79.9. The van der Waals surface area contributed by atoms with Crippen molar-refractivity contribution in [2.75, 3.05) is 24.3 Å². The summed E-state index contributed by atoms with van der Waals surface area (Å²) in [6, 6.07) is 13.1. The second-order valence-corrected chi connectivity index (χ2v) is 6.34. The van der Waals surface area contributed by atoms with E-state index in [-0.39, 0.29) is 5.91 Å². The lowest BCUT2D eigenvalue weighted by atomic mass is 10.1. The van der Waals surface area contributed by atoms with Gasteiger partial charge in [0.15, 0.2) is 0 Å². The van der Waals surface area contributed by atoms with Crippen LogP contribution >= 0.6 is 15.9 Å². The molecule has 0 saturated carbocycles. The zero-order chi connectivity index (χ0) is 17.1. The quantitative estimate of drug-likeness (QED) is 0.719. The highest BCUT2D eigenvalue weighted by Crippen LogP contribution is 2.21. The van der Waals surface area contributed by atoms with Crippen molar-refractivity contribution in [1.29, 1.82) is 0 Å². The summed E-state index contributed by atoms with van der Waals surface area (Å²) in [4.78, 5) is 18.5. The Bertz CT molecular complexity index is 840. The lowest BCUT2D eigenvalue weighted by Gasteiger charge is -2.11. The van der Waals surface area contributed by atoms with Crippen molar-refractivity contribution in [1.82, 2.24) is 15.2 Å². The number of nitrogens with zero attached hydrogens (tertiary/aromatic N) is 3. The number of pyridine rings is 1. The number of hydrogen-bond acceptors (Lipinski definition) is 4. The van der Waals surface area contributed by atoms with E-state index in [1.54, 1.807) is 12.3 Å². The van der Waals surface area contributed by atoms with E-state index in [0.717, 1.165) is 15.9 Å². The van der Waals surface area contributed by atoms with Crippen molar-refractivity contribution in [3.05, 3.63) is 58.8 Å². The summed E-state index contributed by atoms with van der Waals surface area (Å²) in [6.07, 6.45) is 1.62. The van der Waals surface area contributed by atoms with Gasteiger partial charge in [0, 0.05) is 24.1 Å². The monoisotopic (exact) mass is 385 g/mol. The van der Waals surface area contributed by atoms with Gasteiger partial charge in [0.05, 0.1) is 17.6 Å². The molecule has 1 aromatic carbocycles. The van der Waals surface area contributed by atoms with Crippen molar-refractivity contribution < 1.29 is 4.79 Å². The van der Waals surface area contributed by atoms with Crippen LogP contribution in [0.25, 0.3) is 11.3 Å². The fourth-order valence-corrected chi connectivity index (χ4v) is 2.39. The third kappa shape index (κ3) is 3.62. The maximum absolute atomic E-state index is 12.3. The lowest BCUT2D eigenvalue weighted by molar-refractivity contribution is 0.102. The summed E-state index contributed by atoms with van der Waals surface area (Å²) in [5, 5.41) is 9.76. The second-order valence-electron chi connectivity index (χ2n) is 5.43. The molecule has 0 saturated heterocycles. The largest absolute Gasteiger partial charge is 0.363 e. The van der Waals surface area contributed by atoms with Crippen LogP contribution in [0.4, 0.5) is 11.5 Å². The minimum Gasteiger partial charge on any atom is -0.363 e. The first-order valence-electron chi connectivity index (χ1n) is 7.29. The van der Waals surface area contributed by atoms with Crippen LogP contribution in [-0.4, -0.2) is 35.2 Å². The van der Waals surface area contributed by atoms with Gasteiger partial charge in [0.25, 0.3) is 5.91 Å². The zero-order valence-corrected chi connectivity index (χ0v) is 14.8. The molecule has 0 bridgehead atoms.